The van der Waals surface area contributed by atoms with Crippen LogP contribution in [0.4, 0.5) is 11.4 Å². The summed E-state index contributed by atoms with van der Waals surface area (Å²) >= 11 is 0. The standard InChI is InChI=1S/C16H18N2O2/c1-11-3-5-13(6-4-11)10-20-16-9-14(17)7-8-15(16)18-12(2)19/h3-9H,10,17H2,1-2H3,(H,18,19). The summed E-state index contributed by atoms with van der Waals surface area (Å²) in [5.41, 5.74) is 9.24. The highest BCUT2D eigenvalue weighted by Crippen LogP contribution is 2.27. The number of hydrogen-bond acceptors (Lipinski definition) is 3. The summed E-state index contributed by atoms with van der Waals surface area (Å²) in [6.07, 6.45) is 0. The summed E-state index contributed by atoms with van der Waals surface area (Å²) in [5.74, 6) is 0.427. The molecule has 3 N–H and O–H groups in total. The number of nitrogens with one attached hydrogen (secondary N) is 1. The number of benzene rings is 2. The molecule has 0 fully saturated rings. The lowest BCUT2D eigenvalue weighted by Gasteiger charge is -2.12. The molecule has 0 aliphatic carbocycles. The van der Waals surface area contributed by atoms with Gasteiger partial charge in [0.1, 0.15) is 12.4 Å². The Morgan fingerprint density at radius 1 is 1.20 bits per heavy atom. The van der Waals surface area contributed by atoms with Crippen LogP contribution in [0.15, 0.2) is 42.5 Å². The van der Waals surface area contributed by atoms with E-state index in [2.05, 4.69) is 5.32 Å². The number of ether oxygens (including phenoxy) is 1. The molecule has 4 nitrogen and oxygen atoms in total. The molecule has 104 valence electrons. The molecule has 0 spiro atoms. The number of carbonyl (C=O) groups is 1. The quantitative estimate of drug-likeness (QED) is 0.839. The molecule has 0 aliphatic rings. The van der Waals surface area contributed by atoms with Crippen molar-refractivity contribution in [3.8, 4) is 5.75 Å². The lowest BCUT2D eigenvalue weighted by Crippen LogP contribution is -2.08. The van der Waals surface area contributed by atoms with Crippen molar-refractivity contribution in [3.05, 3.63) is 53.6 Å². The van der Waals surface area contributed by atoms with E-state index in [9.17, 15) is 4.79 Å². The molecule has 2 aromatic rings. The maximum Gasteiger partial charge on any atom is 0.221 e. The molecule has 0 bridgehead atoms. The van der Waals surface area contributed by atoms with Gasteiger partial charge in [0, 0.05) is 18.7 Å². The van der Waals surface area contributed by atoms with Crippen molar-refractivity contribution in [2.24, 2.45) is 0 Å². The topological polar surface area (TPSA) is 64.4 Å². The van der Waals surface area contributed by atoms with Gasteiger partial charge in [-0.3, -0.25) is 4.79 Å². The molecule has 0 aliphatic heterocycles. The van der Waals surface area contributed by atoms with Gasteiger partial charge >= 0.3 is 0 Å². The number of rotatable bonds is 4. The van der Waals surface area contributed by atoms with Crippen molar-refractivity contribution in [2.75, 3.05) is 11.1 Å². The van der Waals surface area contributed by atoms with E-state index in [1.165, 1.54) is 12.5 Å². The van der Waals surface area contributed by atoms with Crippen molar-refractivity contribution in [1.29, 1.82) is 0 Å². The van der Waals surface area contributed by atoms with Gasteiger partial charge in [0.05, 0.1) is 5.69 Å². The fraction of sp³-hybridized carbons (Fsp3) is 0.188. The second-order valence-electron chi connectivity index (χ2n) is 4.71. The molecule has 0 radical (unpaired) electrons. The van der Waals surface area contributed by atoms with E-state index in [1.54, 1.807) is 18.2 Å². The second-order valence-corrected chi connectivity index (χ2v) is 4.71. The largest absolute Gasteiger partial charge is 0.487 e. The first-order valence-electron chi connectivity index (χ1n) is 6.40. The Labute approximate surface area is 118 Å². The fourth-order valence-electron chi connectivity index (χ4n) is 1.80. The third kappa shape index (κ3) is 3.75. The van der Waals surface area contributed by atoms with E-state index in [-0.39, 0.29) is 5.91 Å². The lowest BCUT2D eigenvalue weighted by atomic mass is 10.2. The maximum absolute atomic E-state index is 11.2. The van der Waals surface area contributed by atoms with Crippen LogP contribution in [0, 0.1) is 6.92 Å². The fourth-order valence-corrected chi connectivity index (χ4v) is 1.80. The van der Waals surface area contributed by atoms with E-state index in [1.807, 2.05) is 31.2 Å². The number of nitrogens with two attached hydrogens (primary N) is 1. The van der Waals surface area contributed by atoms with Crippen LogP contribution in [-0.4, -0.2) is 5.91 Å². The highest BCUT2D eigenvalue weighted by atomic mass is 16.5. The molecule has 0 saturated heterocycles. The molecule has 0 saturated carbocycles. The third-order valence-corrected chi connectivity index (χ3v) is 2.83. The van der Waals surface area contributed by atoms with Gasteiger partial charge in [0.25, 0.3) is 0 Å². The molecular formula is C16H18N2O2. The Bertz CT molecular complexity index is 606. The van der Waals surface area contributed by atoms with Crippen LogP contribution in [0.2, 0.25) is 0 Å². The van der Waals surface area contributed by atoms with Crippen LogP contribution in [0.25, 0.3) is 0 Å². The first-order chi connectivity index (χ1) is 9.54. The Morgan fingerprint density at radius 3 is 2.55 bits per heavy atom. The minimum Gasteiger partial charge on any atom is -0.487 e. The van der Waals surface area contributed by atoms with E-state index in [0.717, 1.165) is 5.56 Å². The zero-order valence-corrected chi connectivity index (χ0v) is 11.6. The van der Waals surface area contributed by atoms with Crippen molar-refractivity contribution in [1.82, 2.24) is 0 Å². The molecule has 20 heavy (non-hydrogen) atoms. The molecule has 2 rings (SSSR count). The van der Waals surface area contributed by atoms with Crippen molar-refractivity contribution in [3.63, 3.8) is 0 Å². The predicted molar refractivity (Wildman–Crippen MR) is 80.7 cm³/mol. The van der Waals surface area contributed by atoms with E-state index < -0.39 is 0 Å². The molecule has 0 atom stereocenters. The Balaban J connectivity index is 2.13. The van der Waals surface area contributed by atoms with Gasteiger partial charge < -0.3 is 15.8 Å². The molecular weight excluding hydrogens is 252 g/mol. The van der Waals surface area contributed by atoms with Crippen molar-refractivity contribution < 1.29 is 9.53 Å². The van der Waals surface area contributed by atoms with Gasteiger partial charge in [-0.15, -0.1) is 0 Å². The van der Waals surface area contributed by atoms with Crippen LogP contribution in [0.3, 0.4) is 0 Å². The number of amides is 1. The zero-order chi connectivity index (χ0) is 14.5. The highest BCUT2D eigenvalue weighted by molar-refractivity contribution is 5.90. The van der Waals surface area contributed by atoms with Gasteiger partial charge in [0.2, 0.25) is 5.91 Å². The van der Waals surface area contributed by atoms with Crippen LogP contribution in [-0.2, 0) is 11.4 Å². The molecule has 0 unspecified atom stereocenters. The van der Waals surface area contributed by atoms with Crippen LogP contribution < -0.4 is 15.8 Å². The van der Waals surface area contributed by atoms with Gasteiger partial charge in [-0.05, 0) is 24.6 Å². The molecule has 1 amide bonds. The van der Waals surface area contributed by atoms with Gasteiger partial charge in [0.15, 0.2) is 0 Å². The summed E-state index contributed by atoms with van der Waals surface area (Å²) in [6, 6.07) is 13.3. The second kappa shape index (κ2) is 6.10. The first-order valence-corrected chi connectivity index (χ1v) is 6.40. The number of anilines is 2. The van der Waals surface area contributed by atoms with E-state index in [4.69, 9.17) is 10.5 Å². The molecule has 0 heterocycles. The number of hydrogen-bond donors (Lipinski definition) is 2. The minimum absolute atomic E-state index is 0.144. The lowest BCUT2D eigenvalue weighted by molar-refractivity contribution is -0.114. The SMILES string of the molecule is CC(=O)Nc1ccc(N)cc1OCc1ccc(C)cc1. The van der Waals surface area contributed by atoms with Crippen LogP contribution >= 0.6 is 0 Å². The smallest absolute Gasteiger partial charge is 0.221 e. The Hall–Kier alpha value is -2.49. The summed E-state index contributed by atoms with van der Waals surface area (Å²) < 4.78 is 5.75. The number of aryl methyl sites for hydroxylation is 1. The predicted octanol–water partition coefficient (Wildman–Crippen LogP) is 3.11. The normalized spacial score (nSPS) is 10.1. The van der Waals surface area contributed by atoms with Crippen LogP contribution in [0.5, 0.6) is 5.75 Å². The highest BCUT2D eigenvalue weighted by Gasteiger charge is 2.06. The van der Waals surface area contributed by atoms with Crippen molar-refractivity contribution in [2.45, 2.75) is 20.5 Å². The summed E-state index contributed by atoms with van der Waals surface area (Å²) in [5, 5.41) is 2.73. The third-order valence-electron chi connectivity index (χ3n) is 2.83. The van der Waals surface area contributed by atoms with E-state index in [0.29, 0.717) is 23.7 Å². The number of nitrogen functional groups attached to an aromatic ring is 1. The summed E-state index contributed by atoms with van der Waals surface area (Å²) in [4.78, 5) is 11.2. The van der Waals surface area contributed by atoms with Gasteiger partial charge in [-0.2, -0.15) is 0 Å². The Morgan fingerprint density at radius 2 is 1.90 bits per heavy atom. The van der Waals surface area contributed by atoms with Crippen LogP contribution in [0.1, 0.15) is 18.1 Å². The molecule has 4 heteroatoms. The summed E-state index contributed by atoms with van der Waals surface area (Å²) in [6.45, 7) is 3.92. The average Bonchev–Trinajstić information content (AvgIpc) is 2.40. The van der Waals surface area contributed by atoms with Gasteiger partial charge in [-0.1, -0.05) is 29.8 Å². The van der Waals surface area contributed by atoms with Crippen molar-refractivity contribution >= 4 is 17.3 Å². The zero-order valence-electron chi connectivity index (χ0n) is 11.6. The Kier molecular flexibility index (Phi) is 4.25. The average molecular weight is 270 g/mol. The van der Waals surface area contributed by atoms with Gasteiger partial charge in [-0.25, -0.2) is 0 Å². The minimum atomic E-state index is -0.144. The molecule has 0 aromatic heterocycles. The molecule has 2 aromatic carbocycles. The maximum atomic E-state index is 11.2. The summed E-state index contributed by atoms with van der Waals surface area (Å²) in [7, 11) is 0. The number of carbonyl (C=O) groups excluding carboxylic acids is 1. The first kappa shape index (κ1) is 13.9. The van der Waals surface area contributed by atoms with E-state index >= 15 is 0 Å². The monoisotopic (exact) mass is 270 g/mol.